The van der Waals surface area contributed by atoms with E-state index >= 15 is 0 Å². The molecule has 0 spiro atoms. The lowest BCUT2D eigenvalue weighted by atomic mass is 10.0. The third kappa shape index (κ3) is 35.7. The van der Waals surface area contributed by atoms with Crippen LogP contribution in [0, 0.1) is 0 Å². The second kappa shape index (κ2) is 38.3. The average Bonchev–Trinajstić information content (AvgIpc) is 3.06. The summed E-state index contributed by atoms with van der Waals surface area (Å²) < 4.78 is 10.5. The summed E-state index contributed by atoms with van der Waals surface area (Å²) in [5, 5.41) is 9.50. The van der Waals surface area contributed by atoms with Gasteiger partial charge in [-0.05, 0) is 12.8 Å². The molecule has 0 saturated heterocycles. The van der Waals surface area contributed by atoms with E-state index in [1.165, 1.54) is 167 Å². The monoisotopic (exact) mass is 653 g/mol. The van der Waals surface area contributed by atoms with Crippen molar-refractivity contribution in [3.63, 3.8) is 0 Å². The normalized spacial score (nSPS) is 12.0. The van der Waals surface area contributed by atoms with Crippen LogP contribution in [0.3, 0.4) is 0 Å². The summed E-state index contributed by atoms with van der Waals surface area (Å²) in [6, 6.07) is 0. The van der Waals surface area contributed by atoms with Crippen molar-refractivity contribution in [1.29, 1.82) is 0 Å². The van der Waals surface area contributed by atoms with Gasteiger partial charge in [-0.25, -0.2) is 0 Å². The first kappa shape index (κ1) is 44.9. The molecule has 274 valence electrons. The molecule has 0 aliphatic rings. The summed E-state index contributed by atoms with van der Waals surface area (Å²) >= 11 is 0. The van der Waals surface area contributed by atoms with E-state index < -0.39 is 6.10 Å². The number of hydrogen-bond donors (Lipinski definition) is 1. The van der Waals surface area contributed by atoms with Crippen LogP contribution < -0.4 is 0 Å². The van der Waals surface area contributed by atoms with Gasteiger partial charge >= 0.3 is 11.9 Å². The molecule has 0 heterocycles. The molecule has 0 amide bonds. The molecule has 0 aliphatic carbocycles. The molecule has 0 rings (SSSR count). The smallest absolute Gasteiger partial charge is 0.306 e. The fraction of sp³-hybridized carbons (Fsp3) is 0.951. The standard InChI is InChI=1S/C41H80O5/c1-3-5-7-9-11-12-13-14-15-16-17-18-19-20-21-22-23-24-25-26-27-28-30-32-34-36-41(44)46-39(37-42)38-45-40(43)35-33-31-29-10-8-6-4-2/h39,42H,3-38H2,1-2H3. The van der Waals surface area contributed by atoms with Crippen molar-refractivity contribution >= 4 is 11.9 Å². The highest BCUT2D eigenvalue weighted by Crippen LogP contribution is 2.16. The van der Waals surface area contributed by atoms with E-state index in [-0.39, 0.29) is 25.2 Å². The molecule has 0 radical (unpaired) electrons. The van der Waals surface area contributed by atoms with Crippen LogP contribution in [-0.4, -0.2) is 36.4 Å². The molecule has 0 fully saturated rings. The molecule has 46 heavy (non-hydrogen) atoms. The number of aliphatic hydroxyl groups is 1. The van der Waals surface area contributed by atoms with Gasteiger partial charge < -0.3 is 14.6 Å². The van der Waals surface area contributed by atoms with Crippen LogP contribution in [0.5, 0.6) is 0 Å². The number of carbonyl (C=O) groups excluding carboxylic acids is 2. The molecule has 0 saturated carbocycles. The number of esters is 2. The van der Waals surface area contributed by atoms with E-state index in [1.807, 2.05) is 0 Å². The zero-order valence-corrected chi connectivity index (χ0v) is 31.1. The number of aliphatic hydroxyl groups excluding tert-OH is 1. The van der Waals surface area contributed by atoms with Gasteiger partial charge in [0.1, 0.15) is 6.61 Å². The van der Waals surface area contributed by atoms with Crippen LogP contribution in [0.2, 0.25) is 0 Å². The van der Waals surface area contributed by atoms with Crippen molar-refractivity contribution in [1.82, 2.24) is 0 Å². The number of unbranched alkanes of at least 4 members (excludes halogenated alkanes) is 30. The Bertz CT molecular complexity index is 622. The summed E-state index contributed by atoms with van der Waals surface area (Å²) in [4.78, 5) is 24.1. The van der Waals surface area contributed by atoms with E-state index in [1.54, 1.807) is 0 Å². The lowest BCUT2D eigenvalue weighted by Crippen LogP contribution is -2.28. The van der Waals surface area contributed by atoms with Crippen molar-refractivity contribution in [3.8, 4) is 0 Å². The van der Waals surface area contributed by atoms with Crippen LogP contribution >= 0.6 is 0 Å². The highest BCUT2D eigenvalue weighted by atomic mass is 16.6. The van der Waals surface area contributed by atoms with Gasteiger partial charge in [-0.2, -0.15) is 0 Å². The van der Waals surface area contributed by atoms with E-state index in [0.717, 1.165) is 38.5 Å². The molecular weight excluding hydrogens is 572 g/mol. The van der Waals surface area contributed by atoms with Crippen LogP contribution in [0.25, 0.3) is 0 Å². The summed E-state index contributed by atoms with van der Waals surface area (Å²) in [6.07, 6.45) is 42.0. The lowest BCUT2D eigenvalue weighted by molar-refractivity contribution is -0.161. The Morgan fingerprint density at radius 2 is 0.674 bits per heavy atom. The van der Waals surface area contributed by atoms with Gasteiger partial charge in [0, 0.05) is 12.8 Å². The fourth-order valence-electron chi connectivity index (χ4n) is 6.26. The molecule has 0 aromatic rings. The third-order valence-corrected chi connectivity index (χ3v) is 9.40. The Hall–Kier alpha value is -1.10. The van der Waals surface area contributed by atoms with E-state index in [9.17, 15) is 14.7 Å². The second-order valence-corrected chi connectivity index (χ2v) is 14.1. The van der Waals surface area contributed by atoms with Gasteiger partial charge in [0.2, 0.25) is 0 Å². The average molecular weight is 653 g/mol. The van der Waals surface area contributed by atoms with Gasteiger partial charge in [0.05, 0.1) is 6.61 Å². The molecule has 1 atom stereocenters. The Morgan fingerprint density at radius 1 is 0.413 bits per heavy atom. The molecule has 1 unspecified atom stereocenters. The topological polar surface area (TPSA) is 72.8 Å². The summed E-state index contributed by atoms with van der Waals surface area (Å²) in [7, 11) is 0. The zero-order chi connectivity index (χ0) is 33.6. The summed E-state index contributed by atoms with van der Waals surface area (Å²) in [5.74, 6) is -0.584. The largest absolute Gasteiger partial charge is 0.462 e. The minimum atomic E-state index is -0.760. The Kier molecular flexibility index (Phi) is 37.4. The molecular formula is C41H80O5. The predicted octanol–water partition coefficient (Wildman–Crippen LogP) is 12.7. The van der Waals surface area contributed by atoms with Gasteiger partial charge in [0.25, 0.3) is 0 Å². The molecule has 5 nitrogen and oxygen atoms in total. The highest BCUT2D eigenvalue weighted by Gasteiger charge is 2.16. The maximum Gasteiger partial charge on any atom is 0.306 e. The van der Waals surface area contributed by atoms with Gasteiger partial charge in [-0.3, -0.25) is 9.59 Å². The number of carbonyl (C=O) groups is 2. The molecule has 0 aromatic carbocycles. The minimum absolute atomic E-state index is 0.0585. The highest BCUT2D eigenvalue weighted by molar-refractivity contribution is 5.70. The van der Waals surface area contributed by atoms with Crippen molar-refractivity contribution in [2.45, 2.75) is 238 Å². The Morgan fingerprint density at radius 3 is 0.957 bits per heavy atom. The number of ether oxygens (including phenoxy) is 2. The predicted molar refractivity (Wildman–Crippen MR) is 196 cm³/mol. The van der Waals surface area contributed by atoms with E-state index in [2.05, 4.69) is 13.8 Å². The van der Waals surface area contributed by atoms with Crippen molar-refractivity contribution in [2.24, 2.45) is 0 Å². The quantitative estimate of drug-likeness (QED) is 0.0531. The summed E-state index contributed by atoms with van der Waals surface area (Å²) in [6.45, 7) is 4.12. The maximum absolute atomic E-state index is 12.1. The SMILES string of the molecule is CCCCCCCCCCCCCCCCCCCCCCCCCCCC(=O)OC(CO)COC(=O)CCCCCCCCC. The van der Waals surface area contributed by atoms with E-state index in [0.29, 0.717) is 12.8 Å². The minimum Gasteiger partial charge on any atom is -0.462 e. The Labute approximate surface area is 287 Å². The van der Waals surface area contributed by atoms with E-state index in [4.69, 9.17) is 9.47 Å². The van der Waals surface area contributed by atoms with Gasteiger partial charge in [-0.15, -0.1) is 0 Å². The molecule has 0 aliphatic heterocycles. The van der Waals surface area contributed by atoms with Crippen molar-refractivity contribution < 1.29 is 24.2 Å². The number of hydrogen-bond acceptors (Lipinski definition) is 5. The molecule has 5 heteroatoms. The first-order chi connectivity index (χ1) is 22.6. The molecule has 0 bridgehead atoms. The van der Waals surface area contributed by atoms with Crippen LogP contribution in [-0.2, 0) is 19.1 Å². The van der Waals surface area contributed by atoms with Gasteiger partial charge in [0.15, 0.2) is 6.10 Å². The van der Waals surface area contributed by atoms with Crippen molar-refractivity contribution in [3.05, 3.63) is 0 Å². The maximum atomic E-state index is 12.1. The Balaban J connectivity index is 3.38. The first-order valence-electron chi connectivity index (χ1n) is 20.6. The zero-order valence-electron chi connectivity index (χ0n) is 31.1. The number of rotatable bonds is 38. The summed E-state index contributed by atoms with van der Waals surface area (Å²) in [5.41, 5.74) is 0. The molecule has 1 N–H and O–H groups in total. The second-order valence-electron chi connectivity index (χ2n) is 14.1. The molecule has 0 aromatic heterocycles. The van der Waals surface area contributed by atoms with Crippen LogP contribution in [0.15, 0.2) is 0 Å². The third-order valence-electron chi connectivity index (χ3n) is 9.40. The fourth-order valence-corrected chi connectivity index (χ4v) is 6.26. The van der Waals surface area contributed by atoms with Crippen LogP contribution in [0.4, 0.5) is 0 Å². The van der Waals surface area contributed by atoms with Gasteiger partial charge in [-0.1, -0.05) is 206 Å². The lowest BCUT2D eigenvalue weighted by Gasteiger charge is -2.15. The van der Waals surface area contributed by atoms with Crippen molar-refractivity contribution in [2.75, 3.05) is 13.2 Å². The van der Waals surface area contributed by atoms with Crippen LogP contribution in [0.1, 0.15) is 232 Å². The first-order valence-corrected chi connectivity index (χ1v) is 20.6.